The highest BCUT2D eigenvalue weighted by Crippen LogP contribution is 2.49. The van der Waals surface area contributed by atoms with Crippen LogP contribution in [0.5, 0.6) is 0 Å². The molecule has 12 rings (SSSR count). The summed E-state index contributed by atoms with van der Waals surface area (Å²) in [6.45, 7) is 0.621. The number of fused-ring (bicyclic) bond motifs is 6. The number of rotatable bonds is 8. The molecule has 1 fully saturated rings. The van der Waals surface area contributed by atoms with E-state index in [1.807, 2.05) is 0 Å². The molecular formula is C57H45N5. The lowest BCUT2D eigenvalue weighted by Crippen LogP contribution is -2.28. The highest BCUT2D eigenvalue weighted by molar-refractivity contribution is 6.11. The van der Waals surface area contributed by atoms with Crippen LogP contribution in [0.3, 0.4) is 0 Å². The van der Waals surface area contributed by atoms with Gasteiger partial charge in [-0.15, -0.1) is 0 Å². The van der Waals surface area contributed by atoms with Gasteiger partial charge in [0.25, 0.3) is 0 Å². The van der Waals surface area contributed by atoms with Crippen LogP contribution >= 0.6 is 0 Å². The average molecular weight is 800 g/mol. The molecule has 298 valence electrons. The Morgan fingerprint density at radius 3 is 2.23 bits per heavy atom. The molecule has 0 bridgehead atoms. The molecule has 1 aromatic heterocycles. The smallest absolute Gasteiger partial charge is 0.147 e. The molecule has 1 N–H and O–H groups in total. The number of allylic oxidation sites excluding steroid dienone is 5. The molecule has 8 aromatic rings. The van der Waals surface area contributed by atoms with Crippen molar-refractivity contribution in [2.45, 2.75) is 31.6 Å². The first kappa shape index (κ1) is 36.4. The van der Waals surface area contributed by atoms with Crippen LogP contribution < -0.4 is 10.3 Å². The van der Waals surface area contributed by atoms with Crippen LogP contribution in [0.25, 0.3) is 49.8 Å². The second-order valence-corrected chi connectivity index (χ2v) is 16.8. The molecule has 0 spiro atoms. The zero-order valence-corrected chi connectivity index (χ0v) is 34.3. The van der Waals surface area contributed by atoms with E-state index in [0.29, 0.717) is 12.5 Å². The first-order valence-electron chi connectivity index (χ1n) is 21.8. The highest BCUT2D eigenvalue weighted by Gasteiger charge is 2.42. The fourth-order valence-electron chi connectivity index (χ4n) is 9.98. The Kier molecular flexibility index (Phi) is 8.93. The standard InChI is InChI=1S/C57H45N5/c1-4-15-39(16-5-1)38-58-56(62-57(59-62)41-17-6-2-7-18-41)45-20-14-19-42(35-45)43-30-34-54-51(36-43)49-24-11-13-26-53(49)60(54)47-31-27-40(28-32-47)44-29-33-50-48-23-10-12-25-52(48)61(55(50)37-44)46-21-8-3-9-22-46/h1-17,19-36,41,55,57,59H,18,37-38H2/b58-56-. The molecule has 0 saturated carbocycles. The maximum absolute atomic E-state index is 5.23. The van der Waals surface area contributed by atoms with E-state index in [-0.39, 0.29) is 12.2 Å². The Balaban J connectivity index is 0.862. The molecule has 62 heavy (non-hydrogen) atoms. The van der Waals surface area contributed by atoms with Crippen molar-refractivity contribution in [3.63, 3.8) is 0 Å². The summed E-state index contributed by atoms with van der Waals surface area (Å²) in [5.74, 6) is 1.39. The van der Waals surface area contributed by atoms with Gasteiger partial charge in [0.2, 0.25) is 0 Å². The minimum Gasteiger partial charge on any atom is -0.333 e. The number of hydrazine groups is 1. The van der Waals surface area contributed by atoms with Crippen molar-refractivity contribution < 1.29 is 0 Å². The third-order valence-electron chi connectivity index (χ3n) is 13.1. The molecule has 3 heterocycles. The minimum absolute atomic E-state index is 0.227. The SMILES string of the molecule is C1=CCC(C2NN2/C(=N\Cc2ccccc2)c2cccc(-c3ccc4c(c3)c3ccccc3n4-c3ccc(C4=CC=C5c6ccccc6N(c6ccccc6)C5C4)cc3)c2)C=C1. The molecule has 3 atom stereocenters. The van der Waals surface area contributed by atoms with Crippen LogP contribution in [0.1, 0.15) is 35.1 Å². The quantitative estimate of drug-likeness (QED) is 0.0946. The number of nitrogens with zero attached hydrogens (tertiary/aromatic N) is 4. The lowest BCUT2D eigenvalue weighted by atomic mass is 9.88. The van der Waals surface area contributed by atoms with E-state index in [0.717, 1.165) is 29.9 Å². The second kappa shape index (κ2) is 15.2. The van der Waals surface area contributed by atoms with E-state index in [1.165, 1.54) is 72.1 Å². The van der Waals surface area contributed by atoms with Gasteiger partial charge in [-0.05, 0) is 101 Å². The van der Waals surface area contributed by atoms with Crippen LogP contribution in [0, 0.1) is 5.92 Å². The summed E-state index contributed by atoms with van der Waals surface area (Å²) in [6.07, 6.45) is 15.7. The van der Waals surface area contributed by atoms with Crippen LogP contribution in [-0.4, -0.2) is 27.6 Å². The van der Waals surface area contributed by atoms with Crippen LogP contribution in [0.15, 0.2) is 217 Å². The van der Waals surface area contributed by atoms with Gasteiger partial charge in [-0.3, -0.25) is 10.0 Å². The summed E-state index contributed by atoms with van der Waals surface area (Å²) in [5.41, 5.74) is 19.7. The van der Waals surface area contributed by atoms with Crippen molar-refractivity contribution in [1.82, 2.24) is 15.0 Å². The zero-order chi connectivity index (χ0) is 41.0. The molecular weight excluding hydrogens is 755 g/mol. The minimum atomic E-state index is 0.227. The Bertz CT molecular complexity index is 3150. The fraction of sp³-hybridized carbons (Fsp3) is 0.105. The van der Waals surface area contributed by atoms with E-state index in [1.54, 1.807) is 0 Å². The number of amidine groups is 1. The molecule has 2 aliphatic heterocycles. The van der Waals surface area contributed by atoms with Crippen molar-refractivity contribution in [1.29, 1.82) is 0 Å². The van der Waals surface area contributed by atoms with E-state index >= 15 is 0 Å². The number of anilines is 2. The number of para-hydroxylation sites is 3. The molecule has 1 saturated heterocycles. The Hall–Kier alpha value is -7.47. The molecule has 7 aromatic carbocycles. The van der Waals surface area contributed by atoms with Crippen LogP contribution in [0.2, 0.25) is 0 Å². The maximum atomic E-state index is 5.23. The summed E-state index contributed by atoms with van der Waals surface area (Å²) >= 11 is 0. The molecule has 0 radical (unpaired) electrons. The topological polar surface area (TPSA) is 45.5 Å². The van der Waals surface area contributed by atoms with Crippen LogP contribution in [-0.2, 0) is 6.54 Å². The molecule has 5 nitrogen and oxygen atoms in total. The van der Waals surface area contributed by atoms with Crippen molar-refractivity contribution in [3.05, 3.63) is 235 Å². The normalized spacial score (nSPS) is 19.1. The Morgan fingerprint density at radius 1 is 0.613 bits per heavy atom. The second-order valence-electron chi connectivity index (χ2n) is 16.8. The third-order valence-corrected chi connectivity index (χ3v) is 13.1. The van der Waals surface area contributed by atoms with Gasteiger partial charge in [-0.2, -0.15) is 0 Å². The van der Waals surface area contributed by atoms with Crippen molar-refractivity contribution in [2.75, 3.05) is 4.90 Å². The summed E-state index contributed by atoms with van der Waals surface area (Å²) in [7, 11) is 0. The van der Waals surface area contributed by atoms with E-state index in [2.05, 4.69) is 232 Å². The zero-order valence-electron chi connectivity index (χ0n) is 34.3. The lowest BCUT2D eigenvalue weighted by molar-refractivity contribution is 0.566. The highest BCUT2D eigenvalue weighted by atomic mass is 15.8. The number of hydrogen-bond acceptors (Lipinski definition) is 3. The largest absolute Gasteiger partial charge is 0.333 e. The predicted octanol–water partition coefficient (Wildman–Crippen LogP) is 13.1. The molecule has 4 aliphatic rings. The molecule has 2 aliphatic carbocycles. The van der Waals surface area contributed by atoms with Gasteiger partial charge in [-0.1, -0.05) is 158 Å². The van der Waals surface area contributed by atoms with E-state index in [4.69, 9.17) is 4.99 Å². The van der Waals surface area contributed by atoms with Gasteiger partial charge in [0.05, 0.1) is 23.6 Å². The van der Waals surface area contributed by atoms with Gasteiger partial charge >= 0.3 is 0 Å². The number of hydrogen-bond donors (Lipinski definition) is 1. The van der Waals surface area contributed by atoms with Gasteiger partial charge in [0.1, 0.15) is 12.0 Å². The Morgan fingerprint density at radius 2 is 1.37 bits per heavy atom. The molecule has 0 amide bonds. The summed E-state index contributed by atoms with van der Waals surface area (Å²) in [4.78, 5) is 7.76. The number of aromatic nitrogens is 1. The number of nitrogens with one attached hydrogen (secondary N) is 1. The van der Waals surface area contributed by atoms with Crippen molar-refractivity contribution >= 4 is 50.2 Å². The molecule has 5 heteroatoms. The first-order chi connectivity index (χ1) is 30.7. The monoisotopic (exact) mass is 799 g/mol. The lowest BCUT2D eigenvalue weighted by Gasteiger charge is -2.30. The maximum Gasteiger partial charge on any atom is 0.147 e. The number of aliphatic imine (C=N–C) groups is 1. The van der Waals surface area contributed by atoms with Gasteiger partial charge in [0, 0.05) is 44.9 Å². The first-order valence-corrected chi connectivity index (χ1v) is 21.8. The number of benzene rings is 7. The average Bonchev–Trinajstić information content (AvgIpc) is 3.97. The predicted molar refractivity (Wildman–Crippen MR) is 257 cm³/mol. The van der Waals surface area contributed by atoms with E-state index < -0.39 is 0 Å². The van der Waals surface area contributed by atoms with Gasteiger partial charge < -0.3 is 9.47 Å². The van der Waals surface area contributed by atoms with E-state index in [9.17, 15) is 0 Å². The van der Waals surface area contributed by atoms with Crippen molar-refractivity contribution in [3.8, 4) is 16.8 Å². The summed E-state index contributed by atoms with van der Waals surface area (Å²) < 4.78 is 2.42. The Labute approximate surface area is 362 Å². The fourth-order valence-corrected chi connectivity index (χ4v) is 9.98. The van der Waals surface area contributed by atoms with Gasteiger partial charge in [-0.25, -0.2) is 5.43 Å². The van der Waals surface area contributed by atoms with Gasteiger partial charge in [0.15, 0.2) is 0 Å². The molecule has 3 unspecified atom stereocenters. The third kappa shape index (κ3) is 6.41. The van der Waals surface area contributed by atoms with Crippen LogP contribution in [0.4, 0.5) is 11.4 Å². The summed E-state index contributed by atoms with van der Waals surface area (Å²) in [5, 5.41) is 4.74. The summed E-state index contributed by atoms with van der Waals surface area (Å²) in [6, 6.07) is 64.3. The van der Waals surface area contributed by atoms with Crippen molar-refractivity contribution in [2.24, 2.45) is 10.9 Å².